The Kier molecular flexibility index (Phi) is 8.76. The number of hydrogen-bond acceptors (Lipinski definition) is 8. The maximum Gasteiger partial charge on any atom is 0.325 e. The molecule has 0 aromatic heterocycles. The molecule has 0 atom stereocenters. The predicted octanol–water partition coefficient (Wildman–Crippen LogP) is 0.771. The van der Waals surface area contributed by atoms with E-state index in [-0.39, 0.29) is 19.6 Å². The molecule has 0 rings (SSSR count). The van der Waals surface area contributed by atoms with Gasteiger partial charge in [-0.05, 0) is 13.8 Å². The Labute approximate surface area is 129 Å². The van der Waals surface area contributed by atoms with Crippen LogP contribution in [0.4, 0.5) is 0 Å². The third kappa shape index (κ3) is 4.17. The van der Waals surface area contributed by atoms with Gasteiger partial charge in [0, 0.05) is 19.6 Å². The van der Waals surface area contributed by atoms with Crippen molar-refractivity contribution in [2.24, 2.45) is 11.3 Å². The van der Waals surface area contributed by atoms with Crippen LogP contribution in [0.3, 0.4) is 0 Å². The van der Waals surface area contributed by atoms with Crippen LogP contribution in [-0.2, 0) is 28.5 Å². The first kappa shape index (κ1) is 19.8. The van der Waals surface area contributed by atoms with Gasteiger partial charge in [-0.25, -0.2) is 0 Å². The van der Waals surface area contributed by atoms with E-state index in [9.17, 15) is 9.59 Å². The molecule has 0 aromatic rings. The highest BCUT2D eigenvalue weighted by molar-refractivity contribution is 6.01. The second-order valence-corrected chi connectivity index (χ2v) is 4.19. The summed E-state index contributed by atoms with van der Waals surface area (Å²) >= 11 is 0. The smallest absolute Gasteiger partial charge is 0.325 e. The van der Waals surface area contributed by atoms with Crippen LogP contribution in [0.15, 0.2) is 0 Å². The van der Waals surface area contributed by atoms with E-state index in [0.717, 1.165) is 14.2 Å². The summed E-state index contributed by atoms with van der Waals surface area (Å²) in [6.45, 7) is 3.92. The molecule has 8 nitrogen and oxygen atoms in total. The fourth-order valence-electron chi connectivity index (χ4n) is 2.02. The molecule has 0 aliphatic rings. The van der Waals surface area contributed by atoms with Gasteiger partial charge in [0.25, 0.3) is 0 Å². The van der Waals surface area contributed by atoms with E-state index in [4.69, 9.17) is 20.0 Å². The van der Waals surface area contributed by atoms with E-state index in [2.05, 4.69) is 9.47 Å². The maximum atomic E-state index is 12.2. The van der Waals surface area contributed by atoms with E-state index in [1.807, 2.05) is 0 Å². The molecule has 0 spiro atoms. The molecule has 0 saturated carbocycles. The fraction of sp³-hybridized carbons (Fsp3) is 0.714. The monoisotopic (exact) mass is 312 g/mol. The number of nitrogens with zero attached hydrogens (tertiary/aromatic N) is 2. The fourth-order valence-corrected chi connectivity index (χ4v) is 2.02. The first-order valence-corrected chi connectivity index (χ1v) is 6.67. The molecule has 0 heterocycles. The van der Waals surface area contributed by atoms with Crippen LogP contribution < -0.4 is 0 Å². The minimum Gasteiger partial charge on any atom is -0.468 e. The number of esters is 2. The van der Waals surface area contributed by atoms with Crippen LogP contribution in [0, 0.1) is 34.0 Å². The van der Waals surface area contributed by atoms with Crippen molar-refractivity contribution in [3.63, 3.8) is 0 Å². The average molecular weight is 312 g/mol. The number of hydrogen-bond donors (Lipinski definition) is 0. The average Bonchev–Trinajstić information content (AvgIpc) is 2.53. The first-order chi connectivity index (χ1) is 10.5. The molecule has 0 aliphatic carbocycles. The molecule has 22 heavy (non-hydrogen) atoms. The Morgan fingerprint density at radius 2 is 1.41 bits per heavy atom. The number of ether oxygens (including phenoxy) is 4. The van der Waals surface area contributed by atoms with Crippen molar-refractivity contribution in [2.75, 3.05) is 27.4 Å². The lowest BCUT2D eigenvalue weighted by atomic mass is 9.73. The second kappa shape index (κ2) is 9.72. The van der Waals surface area contributed by atoms with Gasteiger partial charge in [-0.1, -0.05) is 0 Å². The van der Waals surface area contributed by atoms with Gasteiger partial charge in [-0.2, -0.15) is 10.5 Å². The zero-order valence-corrected chi connectivity index (χ0v) is 13.1. The molecule has 0 aliphatic heterocycles. The van der Waals surface area contributed by atoms with Gasteiger partial charge in [0.2, 0.25) is 0 Å². The number of nitriles is 2. The second-order valence-electron chi connectivity index (χ2n) is 4.19. The van der Waals surface area contributed by atoms with Gasteiger partial charge in [0.05, 0.1) is 26.4 Å². The van der Waals surface area contributed by atoms with Crippen LogP contribution in [0.25, 0.3) is 0 Å². The highest BCUT2D eigenvalue weighted by atomic mass is 16.7. The Morgan fingerprint density at radius 3 is 1.68 bits per heavy atom. The molecule has 0 N–H and O–H groups in total. The van der Waals surface area contributed by atoms with Gasteiger partial charge < -0.3 is 18.9 Å². The molecular weight excluding hydrogens is 292 g/mol. The van der Waals surface area contributed by atoms with E-state index in [1.165, 1.54) is 0 Å². The lowest BCUT2D eigenvalue weighted by Crippen LogP contribution is -2.49. The Bertz CT molecular complexity index is 429. The van der Waals surface area contributed by atoms with Crippen molar-refractivity contribution in [2.45, 2.75) is 26.6 Å². The Hall–Kier alpha value is -2.16. The third-order valence-electron chi connectivity index (χ3n) is 3.04. The quantitative estimate of drug-likeness (QED) is 0.348. The van der Waals surface area contributed by atoms with Gasteiger partial charge in [0.1, 0.15) is 0 Å². The zero-order chi connectivity index (χ0) is 17.2. The van der Waals surface area contributed by atoms with Crippen molar-refractivity contribution >= 4 is 11.9 Å². The molecule has 122 valence electrons. The summed E-state index contributed by atoms with van der Waals surface area (Å²) < 4.78 is 19.9. The standard InChI is InChI=1S/C14H20N2O6/c1-5-21-11(22-6-2)7-14(12(17)19-3,13(18)20-4)10(8-15)9-16/h10-11H,5-7H2,1-4H3. The largest absolute Gasteiger partial charge is 0.468 e. The number of methoxy groups -OCH3 is 2. The molecular formula is C14H20N2O6. The van der Waals surface area contributed by atoms with Crippen molar-refractivity contribution in [1.82, 2.24) is 0 Å². The zero-order valence-electron chi connectivity index (χ0n) is 13.1. The summed E-state index contributed by atoms with van der Waals surface area (Å²) in [5.41, 5.74) is -2.14. The SMILES string of the molecule is CCOC(CC(C(=O)OC)(C(=O)OC)C(C#N)C#N)OCC. The summed E-state index contributed by atoms with van der Waals surface area (Å²) in [5.74, 6) is -3.69. The molecule has 0 amide bonds. The van der Waals surface area contributed by atoms with Crippen LogP contribution in [-0.4, -0.2) is 45.7 Å². The minimum absolute atomic E-state index is 0.257. The van der Waals surface area contributed by atoms with Crippen LogP contribution >= 0.6 is 0 Å². The highest BCUT2D eigenvalue weighted by Crippen LogP contribution is 2.37. The van der Waals surface area contributed by atoms with Gasteiger partial charge in [0.15, 0.2) is 17.6 Å². The predicted molar refractivity (Wildman–Crippen MR) is 72.8 cm³/mol. The highest BCUT2D eigenvalue weighted by Gasteiger charge is 2.57. The van der Waals surface area contributed by atoms with Crippen LogP contribution in [0.2, 0.25) is 0 Å². The lowest BCUT2D eigenvalue weighted by Gasteiger charge is -2.31. The summed E-state index contributed by atoms with van der Waals surface area (Å²) in [7, 11) is 2.12. The van der Waals surface area contributed by atoms with E-state index >= 15 is 0 Å². The molecule has 0 bridgehead atoms. The van der Waals surface area contributed by atoms with E-state index < -0.39 is 29.6 Å². The number of carbonyl (C=O) groups excluding carboxylic acids is 2. The Balaban J connectivity index is 5.93. The van der Waals surface area contributed by atoms with Crippen LogP contribution in [0.5, 0.6) is 0 Å². The normalized spacial score (nSPS) is 10.9. The van der Waals surface area contributed by atoms with Crippen molar-refractivity contribution in [1.29, 1.82) is 10.5 Å². The van der Waals surface area contributed by atoms with Crippen molar-refractivity contribution in [3.05, 3.63) is 0 Å². The minimum atomic E-state index is -2.14. The summed E-state index contributed by atoms with van der Waals surface area (Å²) in [6.07, 6.45) is -1.32. The maximum absolute atomic E-state index is 12.2. The van der Waals surface area contributed by atoms with Gasteiger partial charge >= 0.3 is 11.9 Å². The topological polar surface area (TPSA) is 119 Å². The van der Waals surface area contributed by atoms with Gasteiger partial charge in [-0.3, -0.25) is 9.59 Å². The molecule has 0 unspecified atom stereocenters. The van der Waals surface area contributed by atoms with Crippen LogP contribution in [0.1, 0.15) is 20.3 Å². The summed E-state index contributed by atoms with van der Waals surface area (Å²) in [6, 6.07) is 3.28. The number of carbonyl (C=O) groups is 2. The molecule has 0 radical (unpaired) electrons. The lowest BCUT2D eigenvalue weighted by molar-refractivity contribution is -0.191. The van der Waals surface area contributed by atoms with Gasteiger partial charge in [-0.15, -0.1) is 0 Å². The summed E-state index contributed by atoms with van der Waals surface area (Å²) in [5, 5.41) is 18.3. The third-order valence-corrected chi connectivity index (χ3v) is 3.04. The molecule has 8 heteroatoms. The number of rotatable bonds is 9. The van der Waals surface area contributed by atoms with Crippen molar-refractivity contribution in [3.8, 4) is 12.1 Å². The Morgan fingerprint density at radius 1 is 1.00 bits per heavy atom. The summed E-state index contributed by atoms with van der Waals surface area (Å²) in [4.78, 5) is 24.4. The molecule has 0 aromatic carbocycles. The molecule has 0 fully saturated rings. The van der Waals surface area contributed by atoms with Crippen molar-refractivity contribution < 1.29 is 28.5 Å². The molecule has 0 saturated heterocycles. The first-order valence-electron chi connectivity index (χ1n) is 6.67. The van der Waals surface area contributed by atoms with E-state index in [1.54, 1.807) is 26.0 Å². The van der Waals surface area contributed by atoms with E-state index in [0.29, 0.717) is 0 Å².